The van der Waals surface area contributed by atoms with Crippen LogP contribution in [0.3, 0.4) is 0 Å². The molecule has 0 spiro atoms. The number of unbranched alkanes of at least 4 members (excludes halogenated alkanes) is 9. The molecule has 0 rings (SSSR count). The first-order valence-electron chi connectivity index (χ1n) is 9.21. The van der Waals surface area contributed by atoms with Gasteiger partial charge in [-0.15, -0.1) is 0 Å². The van der Waals surface area contributed by atoms with Crippen molar-refractivity contribution in [3.05, 3.63) is 12.2 Å². The van der Waals surface area contributed by atoms with Crippen molar-refractivity contribution in [1.82, 2.24) is 0 Å². The maximum Gasteiger partial charge on any atom is 0.303 e. The van der Waals surface area contributed by atoms with Crippen LogP contribution in [0.5, 0.6) is 0 Å². The van der Waals surface area contributed by atoms with E-state index < -0.39 is 12.1 Å². The Hall–Kier alpha value is -0.830. The smallest absolute Gasteiger partial charge is 0.303 e. The lowest BCUT2D eigenvalue weighted by molar-refractivity contribution is -0.137. The van der Waals surface area contributed by atoms with Crippen LogP contribution < -0.4 is 0 Å². The number of aliphatic hydroxyl groups excluding tert-OH is 1. The standard InChI is InChI=1S/C19H36O3/c1-2-3-4-5-6-7-8-9-10-11-12-13-14-15-18(20)16-17-19(21)22/h10-11,18,20H,2-9,12-17H2,1H3,(H,21,22)/b11-10-. The maximum atomic E-state index is 10.4. The van der Waals surface area contributed by atoms with Crippen LogP contribution in [0.1, 0.15) is 96.8 Å². The van der Waals surface area contributed by atoms with E-state index in [0.29, 0.717) is 6.42 Å². The summed E-state index contributed by atoms with van der Waals surface area (Å²) in [4.78, 5) is 10.4. The lowest BCUT2D eigenvalue weighted by Gasteiger charge is -2.07. The van der Waals surface area contributed by atoms with Gasteiger partial charge in [0.2, 0.25) is 0 Å². The molecule has 0 aromatic rings. The van der Waals surface area contributed by atoms with Crippen LogP contribution in [0.15, 0.2) is 12.2 Å². The van der Waals surface area contributed by atoms with Crippen molar-refractivity contribution in [3.63, 3.8) is 0 Å². The van der Waals surface area contributed by atoms with Gasteiger partial charge in [0.15, 0.2) is 0 Å². The number of aliphatic carboxylic acids is 1. The molecule has 0 aliphatic rings. The Morgan fingerprint density at radius 3 is 2.00 bits per heavy atom. The normalized spacial score (nSPS) is 12.8. The molecular formula is C19H36O3. The molecule has 0 aliphatic carbocycles. The molecule has 0 saturated heterocycles. The lowest BCUT2D eigenvalue weighted by atomic mass is 10.1. The number of carbonyl (C=O) groups is 1. The number of carboxylic acid groups (broad SMARTS) is 1. The second kappa shape index (κ2) is 16.5. The lowest BCUT2D eigenvalue weighted by Crippen LogP contribution is -2.09. The third kappa shape index (κ3) is 17.2. The van der Waals surface area contributed by atoms with E-state index in [1.165, 1.54) is 51.4 Å². The van der Waals surface area contributed by atoms with Gasteiger partial charge in [0, 0.05) is 6.42 Å². The van der Waals surface area contributed by atoms with Crippen molar-refractivity contribution in [1.29, 1.82) is 0 Å². The summed E-state index contributed by atoms with van der Waals surface area (Å²) in [6.45, 7) is 2.25. The average Bonchev–Trinajstić information content (AvgIpc) is 2.49. The summed E-state index contributed by atoms with van der Waals surface area (Å²) in [5.41, 5.74) is 0. The van der Waals surface area contributed by atoms with Gasteiger partial charge in [-0.25, -0.2) is 0 Å². The van der Waals surface area contributed by atoms with Gasteiger partial charge in [-0.1, -0.05) is 64.0 Å². The molecule has 0 aliphatic heterocycles. The Morgan fingerprint density at radius 1 is 0.864 bits per heavy atom. The highest BCUT2D eigenvalue weighted by Gasteiger charge is 2.06. The van der Waals surface area contributed by atoms with Crippen molar-refractivity contribution in [3.8, 4) is 0 Å². The van der Waals surface area contributed by atoms with Crippen molar-refractivity contribution < 1.29 is 15.0 Å². The molecule has 1 unspecified atom stereocenters. The minimum absolute atomic E-state index is 0.0690. The Morgan fingerprint density at radius 2 is 1.41 bits per heavy atom. The maximum absolute atomic E-state index is 10.4. The Labute approximate surface area is 136 Å². The molecule has 1 atom stereocenters. The van der Waals surface area contributed by atoms with Crippen LogP contribution in [-0.4, -0.2) is 22.3 Å². The number of hydrogen-bond acceptors (Lipinski definition) is 2. The van der Waals surface area contributed by atoms with Gasteiger partial charge in [0.05, 0.1) is 6.10 Å². The Kier molecular flexibility index (Phi) is 15.9. The summed E-state index contributed by atoms with van der Waals surface area (Å²) in [6, 6.07) is 0. The van der Waals surface area contributed by atoms with Gasteiger partial charge in [0.1, 0.15) is 0 Å². The summed E-state index contributed by atoms with van der Waals surface area (Å²) in [7, 11) is 0. The molecular weight excluding hydrogens is 276 g/mol. The number of hydrogen-bond donors (Lipinski definition) is 2. The largest absolute Gasteiger partial charge is 0.481 e. The quantitative estimate of drug-likeness (QED) is 0.293. The Balaban J connectivity index is 3.22. The van der Waals surface area contributed by atoms with Crippen molar-refractivity contribution in [2.45, 2.75) is 103 Å². The van der Waals surface area contributed by atoms with E-state index in [4.69, 9.17) is 5.11 Å². The first-order valence-corrected chi connectivity index (χ1v) is 9.21. The van der Waals surface area contributed by atoms with E-state index in [9.17, 15) is 9.90 Å². The summed E-state index contributed by atoms with van der Waals surface area (Å²) >= 11 is 0. The zero-order chi connectivity index (χ0) is 16.5. The molecule has 3 nitrogen and oxygen atoms in total. The molecule has 3 heteroatoms. The minimum atomic E-state index is -0.827. The molecule has 0 aromatic carbocycles. The fraction of sp³-hybridized carbons (Fsp3) is 0.842. The molecule has 0 heterocycles. The van der Waals surface area contributed by atoms with E-state index in [1.54, 1.807) is 0 Å². The van der Waals surface area contributed by atoms with Crippen molar-refractivity contribution in [2.75, 3.05) is 0 Å². The predicted octanol–water partition coefficient (Wildman–Crippen LogP) is 5.47. The molecule has 0 amide bonds. The van der Waals surface area contributed by atoms with Crippen LogP contribution in [0.2, 0.25) is 0 Å². The van der Waals surface area contributed by atoms with Crippen LogP contribution >= 0.6 is 0 Å². The molecule has 0 radical (unpaired) electrons. The third-order valence-electron chi connectivity index (χ3n) is 3.99. The SMILES string of the molecule is CCCCCCCCC/C=C\CCCCC(O)CCC(=O)O. The summed E-state index contributed by atoms with van der Waals surface area (Å²) in [6.07, 6.45) is 19.1. The monoisotopic (exact) mass is 312 g/mol. The number of carboxylic acids is 1. The van der Waals surface area contributed by atoms with Crippen LogP contribution in [0, 0.1) is 0 Å². The van der Waals surface area contributed by atoms with E-state index >= 15 is 0 Å². The fourth-order valence-corrected chi connectivity index (χ4v) is 2.53. The molecule has 130 valence electrons. The number of rotatable bonds is 16. The second-order valence-electron chi connectivity index (χ2n) is 6.25. The average molecular weight is 312 g/mol. The van der Waals surface area contributed by atoms with Gasteiger partial charge in [-0.3, -0.25) is 4.79 Å². The molecule has 0 fully saturated rings. The third-order valence-corrected chi connectivity index (χ3v) is 3.99. The highest BCUT2D eigenvalue weighted by atomic mass is 16.4. The predicted molar refractivity (Wildman–Crippen MR) is 93.1 cm³/mol. The van der Waals surface area contributed by atoms with Gasteiger partial charge < -0.3 is 10.2 Å². The van der Waals surface area contributed by atoms with Crippen LogP contribution in [-0.2, 0) is 4.79 Å². The van der Waals surface area contributed by atoms with Gasteiger partial charge in [-0.2, -0.15) is 0 Å². The highest BCUT2D eigenvalue weighted by Crippen LogP contribution is 2.10. The molecule has 0 saturated carbocycles. The summed E-state index contributed by atoms with van der Waals surface area (Å²) < 4.78 is 0. The molecule has 0 bridgehead atoms. The molecule has 0 aromatic heterocycles. The zero-order valence-electron chi connectivity index (χ0n) is 14.4. The van der Waals surface area contributed by atoms with Crippen molar-refractivity contribution in [2.24, 2.45) is 0 Å². The first kappa shape index (κ1) is 21.2. The van der Waals surface area contributed by atoms with E-state index in [2.05, 4.69) is 19.1 Å². The molecule has 2 N–H and O–H groups in total. The topological polar surface area (TPSA) is 57.5 Å². The van der Waals surface area contributed by atoms with E-state index in [1.807, 2.05) is 0 Å². The van der Waals surface area contributed by atoms with E-state index in [0.717, 1.165) is 25.7 Å². The highest BCUT2D eigenvalue weighted by molar-refractivity contribution is 5.66. The van der Waals surface area contributed by atoms with Crippen LogP contribution in [0.4, 0.5) is 0 Å². The molecule has 22 heavy (non-hydrogen) atoms. The van der Waals surface area contributed by atoms with Gasteiger partial charge in [-0.05, 0) is 38.5 Å². The van der Waals surface area contributed by atoms with Gasteiger partial charge >= 0.3 is 5.97 Å². The zero-order valence-corrected chi connectivity index (χ0v) is 14.4. The first-order chi connectivity index (χ1) is 10.7. The van der Waals surface area contributed by atoms with Crippen molar-refractivity contribution >= 4 is 5.97 Å². The Bertz CT molecular complexity index is 274. The minimum Gasteiger partial charge on any atom is -0.481 e. The fourth-order valence-electron chi connectivity index (χ4n) is 2.53. The van der Waals surface area contributed by atoms with E-state index in [-0.39, 0.29) is 6.42 Å². The second-order valence-corrected chi connectivity index (χ2v) is 6.25. The summed E-state index contributed by atoms with van der Waals surface area (Å²) in [5.74, 6) is -0.827. The number of allylic oxidation sites excluding steroid dienone is 2. The van der Waals surface area contributed by atoms with Crippen LogP contribution in [0.25, 0.3) is 0 Å². The van der Waals surface area contributed by atoms with Gasteiger partial charge in [0.25, 0.3) is 0 Å². The number of aliphatic hydroxyl groups is 1. The summed E-state index contributed by atoms with van der Waals surface area (Å²) in [5, 5.41) is 18.1.